The molecule has 0 radical (unpaired) electrons. The summed E-state index contributed by atoms with van der Waals surface area (Å²) in [5.74, 6) is 0. The largest absolute Gasteiger partial charge is 0.444 e. The Bertz CT molecular complexity index is 599. The van der Waals surface area contributed by atoms with E-state index >= 15 is 0 Å². The Balaban J connectivity index is 1.89. The lowest BCUT2D eigenvalue weighted by Gasteiger charge is -2.39. The molecule has 2 rings (SSSR count). The van der Waals surface area contributed by atoms with Crippen LogP contribution in [0.15, 0.2) is 0 Å². The molecule has 2 amide bonds. The summed E-state index contributed by atoms with van der Waals surface area (Å²) in [6.45, 7) is 16.5. The fraction of sp³-hybridized carbons (Fsp3) is 0.913. The highest BCUT2D eigenvalue weighted by Crippen LogP contribution is 2.21. The highest BCUT2D eigenvalue weighted by atomic mass is 16.6. The molecule has 2 aliphatic heterocycles. The third-order valence-corrected chi connectivity index (χ3v) is 5.44. The number of nitrogens with one attached hydrogen (secondary N) is 1. The van der Waals surface area contributed by atoms with Crippen LogP contribution in [0.4, 0.5) is 9.59 Å². The van der Waals surface area contributed by atoms with Gasteiger partial charge in [-0.1, -0.05) is 0 Å². The summed E-state index contributed by atoms with van der Waals surface area (Å²) < 4.78 is 16.8. The molecule has 8 heteroatoms. The molecular formula is C23H43N3O5. The number of likely N-dealkylation sites (tertiary alicyclic amines) is 1. The lowest BCUT2D eigenvalue weighted by Crippen LogP contribution is -2.54. The number of rotatable bonds is 5. The number of hydrogen-bond acceptors (Lipinski definition) is 6. The van der Waals surface area contributed by atoms with E-state index in [1.54, 1.807) is 4.90 Å². The van der Waals surface area contributed by atoms with Crippen molar-refractivity contribution in [3.05, 3.63) is 0 Å². The van der Waals surface area contributed by atoms with E-state index in [1.807, 2.05) is 46.4 Å². The van der Waals surface area contributed by atoms with Gasteiger partial charge < -0.3 is 29.3 Å². The van der Waals surface area contributed by atoms with E-state index in [4.69, 9.17) is 14.2 Å². The number of piperidine rings is 1. The maximum absolute atomic E-state index is 12.6. The summed E-state index contributed by atoms with van der Waals surface area (Å²) >= 11 is 0. The molecule has 0 bridgehead atoms. The first-order valence-electron chi connectivity index (χ1n) is 11.7. The number of amides is 2. The lowest BCUT2D eigenvalue weighted by molar-refractivity contribution is -0.0358. The van der Waals surface area contributed by atoms with E-state index in [-0.39, 0.29) is 30.3 Å². The first kappa shape index (κ1) is 25.7. The molecule has 1 N–H and O–H groups in total. The zero-order valence-electron chi connectivity index (χ0n) is 20.5. The Morgan fingerprint density at radius 2 is 1.55 bits per heavy atom. The molecule has 0 aromatic rings. The van der Waals surface area contributed by atoms with Gasteiger partial charge in [0.1, 0.15) is 11.2 Å². The molecule has 180 valence electrons. The van der Waals surface area contributed by atoms with Crippen LogP contribution >= 0.6 is 0 Å². The first-order chi connectivity index (χ1) is 14.4. The fourth-order valence-corrected chi connectivity index (χ4v) is 4.01. The molecule has 0 saturated carbocycles. The van der Waals surface area contributed by atoms with Gasteiger partial charge in [0.25, 0.3) is 0 Å². The van der Waals surface area contributed by atoms with Gasteiger partial charge in [-0.15, -0.1) is 0 Å². The summed E-state index contributed by atoms with van der Waals surface area (Å²) in [4.78, 5) is 28.9. The van der Waals surface area contributed by atoms with Crippen molar-refractivity contribution >= 4 is 12.2 Å². The number of carbonyl (C=O) groups is 2. The van der Waals surface area contributed by atoms with Gasteiger partial charge in [0.05, 0.1) is 19.3 Å². The standard InChI is InChI=1S/C23H43N3O5/c1-17(14-19-16-29-13-12-26(19)21(28)31-23(5,6)7)24-15-18-10-8-9-11-25(18)20(27)30-22(2,3)4/h17-19,24H,8-16H2,1-7H3. The second-order valence-corrected chi connectivity index (χ2v) is 10.8. The van der Waals surface area contributed by atoms with Crippen LogP contribution in [0.5, 0.6) is 0 Å². The van der Waals surface area contributed by atoms with Crippen molar-refractivity contribution in [3.8, 4) is 0 Å². The zero-order chi connectivity index (χ0) is 23.2. The summed E-state index contributed by atoms with van der Waals surface area (Å²) in [5, 5.41) is 3.57. The first-order valence-corrected chi connectivity index (χ1v) is 11.7. The minimum Gasteiger partial charge on any atom is -0.444 e. The molecular weight excluding hydrogens is 398 g/mol. The molecule has 0 spiro atoms. The lowest BCUT2D eigenvalue weighted by atomic mass is 10.0. The number of ether oxygens (including phenoxy) is 3. The fourth-order valence-electron chi connectivity index (χ4n) is 4.01. The number of carbonyl (C=O) groups excluding carboxylic acids is 2. The second-order valence-electron chi connectivity index (χ2n) is 10.8. The van der Waals surface area contributed by atoms with Crippen LogP contribution in [0.1, 0.15) is 74.1 Å². The van der Waals surface area contributed by atoms with E-state index in [0.29, 0.717) is 26.3 Å². The number of nitrogens with zero attached hydrogens (tertiary/aromatic N) is 2. The predicted octanol–water partition coefficient (Wildman–Crippen LogP) is 3.78. The minimum absolute atomic E-state index is 0.0283. The molecule has 3 atom stereocenters. The van der Waals surface area contributed by atoms with Crippen molar-refractivity contribution in [2.75, 3.05) is 32.8 Å². The zero-order valence-corrected chi connectivity index (χ0v) is 20.5. The molecule has 2 heterocycles. The van der Waals surface area contributed by atoms with Gasteiger partial charge in [-0.25, -0.2) is 9.59 Å². The average molecular weight is 442 g/mol. The average Bonchev–Trinajstić information content (AvgIpc) is 2.64. The van der Waals surface area contributed by atoms with E-state index in [0.717, 1.165) is 32.2 Å². The molecule has 2 saturated heterocycles. The van der Waals surface area contributed by atoms with Crippen molar-refractivity contribution in [1.82, 2.24) is 15.1 Å². The number of morpholine rings is 1. The van der Waals surface area contributed by atoms with Crippen molar-refractivity contribution in [3.63, 3.8) is 0 Å². The Morgan fingerprint density at radius 1 is 0.968 bits per heavy atom. The molecule has 2 aliphatic rings. The Labute approximate surface area is 187 Å². The van der Waals surface area contributed by atoms with Gasteiger partial charge in [0, 0.05) is 31.7 Å². The monoisotopic (exact) mass is 441 g/mol. The Kier molecular flexibility index (Phi) is 9.01. The summed E-state index contributed by atoms with van der Waals surface area (Å²) in [6, 6.07) is 0.258. The number of hydrogen-bond donors (Lipinski definition) is 1. The van der Waals surface area contributed by atoms with Crippen LogP contribution < -0.4 is 5.32 Å². The molecule has 0 aliphatic carbocycles. The normalized spacial score (nSPS) is 24.0. The minimum atomic E-state index is -0.518. The summed E-state index contributed by atoms with van der Waals surface area (Å²) in [5.41, 5.74) is -1.01. The van der Waals surface area contributed by atoms with Crippen LogP contribution in [-0.4, -0.2) is 84.2 Å². The van der Waals surface area contributed by atoms with E-state index in [2.05, 4.69) is 12.2 Å². The smallest absolute Gasteiger partial charge is 0.410 e. The quantitative estimate of drug-likeness (QED) is 0.699. The van der Waals surface area contributed by atoms with E-state index < -0.39 is 11.2 Å². The molecule has 3 unspecified atom stereocenters. The van der Waals surface area contributed by atoms with Gasteiger partial charge in [0.15, 0.2) is 0 Å². The SMILES string of the molecule is CC(CC1COCCN1C(=O)OC(C)(C)C)NCC1CCCCN1C(=O)OC(C)(C)C. The van der Waals surface area contributed by atoms with Crippen molar-refractivity contribution in [1.29, 1.82) is 0 Å². The third-order valence-electron chi connectivity index (χ3n) is 5.44. The van der Waals surface area contributed by atoms with Crippen LogP contribution in [-0.2, 0) is 14.2 Å². The topological polar surface area (TPSA) is 80.3 Å². The van der Waals surface area contributed by atoms with Gasteiger partial charge in [-0.2, -0.15) is 0 Å². The summed E-state index contributed by atoms with van der Waals surface area (Å²) in [7, 11) is 0. The van der Waals surface area contributed by atoms with Crippen molar-refractivity contribution < 1.29 is 23.8 Å². The van der Waals surface area contributed by atoms with Gasteiger partial charge in [-0.3, -0.25) is 0 Å². The van der Waals surface area contributed by atoms with Gasteiger partial charge in [-0.05, 0) is 74.1 Å². The molecule has 0 aromatic heterocycles. The molecule has 8 nitrogen and oxygen atoms in total. The highest BCUT2D eigenvalue weighted by Gasteiger charge is 2.33. The summed E-state index contributed by atoms with van der Waals surface area (Å²) in [6.07, 6.45) is 3.34. The van der Waals surface area contributed by atoms with Gasteiger partial charge in [0.2, 0.25) is 0 Å². The second kappa shape index (κ2) is 10.9. The maximum Gasteiger partial charge on any atom is 0.410 e. The van der Waals surface area contributed by atoms with Crippen LogP contribution in [0, 0.1) is 0 Å². The Morgan fingerprint density at radius 3 is 2.13 bits per heavy atom. The van der Waals surface area contributed by atoms with Crippen LogP contribution in [0.3, 0.4) is 0 Å². The van der Waals surface area contributed by atoms with Crippen LogP contribution in [0.2, 0.25) is 0 Å². The molecule has 0 aromatic carbocycles. The van der Waals surface area contributed by atoms with Crippen molar-refractivity contribution in [2.24, 2.45) is 0 Å². The molecule has 31 heavy (non-hydrogen) atoms. The predicted molar refractivity (Wildman–Crippen MR) is 120 cm³/mol. The third kappa shape index (κ3) is 8.85. The highest BCUT2D eigenvalue weighted by molar-refractivity contribution is 5.69. The van der Waals surface area contributed by atoms with E-state index in [1.165, 1.54) is 0 Å². The van der Waals surface area contributed by atoms with E-state index in [9.17, 15) is 9.59 Å². The van der Waals surface area contributed by atoms with Crippen molar-refractivity contribution in [2.45, 2.75) is 103 Å². The van der Waals surface area contributed by atoms with Crippen LogP contribution in [0.25, 0.3) is 0 Å². The Hall–Kier alpha value is -1.54. The van der Waals surface area contributed by atoms with Gasteiger partial charge >= 0.3 is 12.2 Å². The maximum atomic E-state index is 12.6. The molecule has 2 fully saturated rings.